The number of unbranched alkanes of at least 4 members (excludes halogenated alkanes) is 9. The topological polar surface area (TPSA) is 168 Å². The summed E-state index contributed by atoms with van der Waals surface area (Å²) in [7, 11) is 0. The Morgan fingerprint density at radius 1 is 0.396 bits per heavy atom. The maximum Gasteiger partial charge on any atom is 0.308 e. The Bertz CT molecular complexity index is 692. The molecule has 0 spiro atoms. The van der Waals surface area contributed by atoms with Crippen LogP contribution in [-0.2, 0) is 61.6 Å². The number of carbonyl (C=O) groups excluding carboxylic acids is 1. The van der Waals surface area contributed by atoms with E-state index < -0.39 is 18.7 Å². The van der Waals surface area contributed by atoms with Crippen LogP contribution in [0.3, 0.4) is 0 Å². The van der Waals surface area contributed by atoms with Gasteiger partial charge in [0.1, 0.15) is 12.7 Å². The smallest absolute Gasteiger partial charge is 0.308 e. The standard InChI is InChI=1S/C38H76O15/c1-2-3-4-5-6-7-8-9-10-11-13-42-15-17-44-19-21-46-23-25-48-27-29-50-31-33-52-34-32-51-30-28-49-26-24-47-22-20-45-18-16-43-14-12-38(41)53-36-37(40)35-39/h37,39-40H,2-36H2,1H3. The molecule has 15 nitrogen and oxygen atoms in total. The third-order valence-corrected chi connectivity index (χ3v) is 7.46. The van der Waals surface area contributed by atoms with Gasteiger partial charge in [-0.1, -0.05) is 64.7 Å². The molecule has 0 aromatic heterocycles. The van der Waals surface area contributed by atoms with E-state index in [1.807, 2.05) is 0 Å². The first-order chi connectivity index (χ1) is 26.2. The van der Waals surface area contributed by atoms with Crippen molar-refractivity contribution in [2.45, 2.75) is 83.7 Å². The first kappa shape index (κ1) is 52.0. The van der Waals surface area contributed by atoms with Crippen molar-refractivity contribution >= 4 is 5.97 Å². The molecular weight excluding hydrogens is 696 g/mol. The highest BCUT2D eigenvalue weighted by atomic mass is 16.6. The summed E-state index contributed by atoms with van der Waals surface area (Å²) in [5, 5.41) is 17.8. The summed E-state index contributed by atoms with van der Waals surface area (Å²) in [6.07, 6.45) is 12.4. The van der Waals surface area contributed by atoms with Gasteiger partial charge in [0.2, 0.25) is 0 Å². The van der Waals surface area contributed by atoms with Gasteiger partial charge in [-0.3, -0.25) is 4.79 Å². The number of hydrogen-bond donors (Lipinski definition) is 2. The molecule has 0 saturated carbocycles. The van der Waals surface area contributed by atoms with Crippen LogP contribution in [0.4, 0.5) is 0 Å². The molecule has 0 aromatic rings. The maximum atomic E-state index is 11.4. The third kappa shape index (κ3) is 47.0. The normalized spacial score (nSPS) is 12.1. The average Bonchev–Trinajstić information content (AvgIpc) is 3.17. The van der Waals surface area contributed by atoms with Crippen molar-refractivity contribution in [3.05, 3.63) is 0 Å². The van der Waals surface area contributed by atoms with Gasteiger partial charge >= 0.3 is 5.97 Å². The molecule has 0 amide bonds. The number of aliphatic hydroxyl groups excluding tert-OH is 2. The summed E-state index contributed by atoms with van der Waals surface area (Å²) >= 11 is 0. The molecule has 1 unspecified atom stereocenters. The van der Waals surface area contributed by atoms with E-state index in [0.717, 1.165) is 13.0 Å². The SMILES string of the molecule is CCCCCCCCCCCCOCCOCCOCCOCCOCCOCCOCCOCCOCCOCCOCCC(=O)OCC(O)CO. The molecule has 318 valence electrons. The lowest BCUT2D eigenvalue weighted by atomic mass is 10.1. The van der Waals surface area contributed by atoms with Crippen LogP contribution in [0.5, 0.6) is 0 Å². The Morgan fingerprint density at radius 2 is 0.660 bits per heavy atom. The van der Waals surface area contributed by atoms with Crippen molar-refractivity contribution in [2.75, 3.05) is 159 Å². The second-order valence-electron chi connectivity index (χ2n) is 12.2. The van der Waals surface area contributed by atoms with Crippen molar-refractivity contribution < 1.29 is 71.8 Å². The minimum absolute atomic E-state index is 0.0684. The van der Waals surface area contributed by atoms with Crippen LogP contribution >= 0.6 is 0 Å². The summed E-state index contributed by atoms with van der Waals surface area (Å²) in [5.41, 5.74) is 0. The number of esters is 1. The summed E-state index contributed by atoms with van der Waals surface area (Å²) < 4.78 is 65.0. The molecule has 0 bridgehead atoms. The Hall–Kier alpha value is -1.05. The number of carbonyl (C=O) groups is 1. The molecule has 2 N–H and O–H groups in total. The van der Waals surface area contributed by atoms with E-state index in [1.165, 1.54) is 57.8 Å². The zero-order valence-electron chi connectivity index (χ0n) is 33.0. The molecule has 0 rings (SSSR count). The van der Waals surface area contributed by atoms with E-state index in [9.17, 15) is 4.79 Å². The quantitative estimate of drug-likeness (QED) is 0.0682. The van der Waals surface area contributed by atoms with Gasteiger partial charge in [-0.25, -0.2) is 0 Å². The minimum Gasteiger partial charge on any atom is -0.463 e. The molecule has 15 heteroatoms. The van der Waals surface area contributed by atoms with E-state index in [-0.39, 0.29) is 19.6 Å². The van der Waals surface area contributed by atoms with Crippen LogP contribution in [0, 0.1) is 0 Å². The molecule has 0 heterocycles. The van der Waals surface area contributed by atoms with Gasteiger partial charge < -0.3 is 67.1 Å². The van der Waals surface area contributed by atoms with Crippen molar-refractivity contribution in [3.63, 3.8) is 0 Å². The predicted molar refractivity (Wildman–Crippen MR) is 200 cm³/mol. The fourth-order valence-corrected chi connectivity index (χ4v) is 4.46. The van der Waals surface area contributed by atoms with Gasteiger partial charge in [-0.2, -0.15) is 0 Å². The van der Waals surface area contributed by atoms with Crippen molar-refractivity contribution in [2.24, 2.45) is 0 Å². The lowest BCUT2D eigenvalue weighted by Crippen LogP contribution is -2.22. The minimum atomic E-state index is -1.06. The molecule has 0 aliphatic carbocycles. The average molecular weight is 773 g/mol. The molecule has 0 aromatic carbocycles. The summed E-state index contributed by atoms with van der Waals surface area (Å²) in [4.78, 5) is 11.4. The van der Waals surface area contributed by atoms with Crippen LogP contribution in [-0.4, -0.2) is 181 Å². The molecule has 0 saturated heterocycles. The number of ether oxygens (including phenoxy) is 12. The zero-order chi connectivity index (χ0) is 38.4. The van der Waals surface area contributed by atoms with Gasteiger partial charge in [0.15, 0.2) is 0 Å². The summed E-state index contributed by atoms with van der Waals surface area (Å²) in [6.45, 7) is 12.5. The first-order valence-corrected chi connectivity index (χ1v) is 20.0. The molecule has 53 heavy (non-hydrogen) atoms. The lowest BCUT2D eigenvalue weighted by Gasteiger charge is -2.09. The van der Waals surface area contributed by atoms with Crippen molar-refractivity contribution in [3.8, 4) is 0 Å². The Balaban J connectivity index is 3.09. The van der Waals surface area contributed by atoms with Crippen LogP contribution in [0.25, 0.3) is 0 Å². The van der Waals surface area contributed by atoms with Crippen molar-refractivity contribution in [1.82, 2.24) is 0 Å². The molecule has 0 fully saturated rings. The Labute approximate surface area is 319 Å². The van der Waals surface area contributed by atoms with Crippen LogP contribution in [0.2, 0.25) is 0 Å². The van der Waals surface area contributed by atoms with E-state index in [1.54, 1.807) is 0 Å². The summed E-state index contributed by atoms with van der Waals surface area (Å²) in [6, 6.07) is 0. The molecule has 0 aliphatic rings. The van der Waals surface area contributed by atoms with Gasteiger partial charge in [-0.15, -0.1) is 0 Å². The first-order valence-electron chi connectivity index (χ1n) is 20.0. The fourth-order valence-electron chi connectivity index (χ4n) is 4.46. The number of rotatable bonds is 47. The molecule has 1 atom stereocenters. The highest BCUT2D eigenvalue weighted by molar-refractivity contribution is 5.69. The molecular formula is C38H76O15. The highest BCUT2D eigenvalue weighted by Crippen LogP contribution is 2.10. The highest BCUT2D eigenvalue weighted by Gasteiger charge is 2.07. The Kier molecular flexibility index (Phi) is 46.2. The fraction of sp³-hybridized carbons (Fsp3) is 0.974. The Morgan fingerprint density at radius 3 is 0.962 bits per heavy atom. The van der Waals surface area contributed by atoms with E-state index in [2.05, 4.69) is 6.92 Å². The van der Waals surface area contributed by atoms with E-state index >= 15 is 0 Å². The maximum absolute atomic E-state index is 11.4. The monoisotopic (exact) mass is 773 g/mol. The lowest BCUT2D eigenvalue weighted by molar-refractivity contribution is -0.148. The second kappa shape index (κ2) is 47.1. The number of hydrogen-bond acceptors (Lipinski definition) is 15. The van der Waals surface area contributed by atoms with Crippen molar-refractivity contribution in [1.29, 1.82) is 0 Å². The summed E-state index contributed by atoms with van der Waals surface area (Å²) in [5.74, 6) is -0.494. The van der Waals surface area contributed by atoms with Crippen LogP contribution in [0.15, 0.2) is 0 Å². The molecule has 0 radical (unpaired) electrons. The van der Waals surface area contributed by atoms with Gasteiger partial charge in [-0.05, 0) is 6.42 Å². The largest absolute Gasteiger partial charge is 0.463 e. The predicted octanol–water partition coefficient (Wildman–Crippen LogP) is 3.38. The number of aliphatic hydroxyl groups is 2. The second-order valence-corrected chi connectivity index (χ2v) is 12.2. The van der Waals surface area contributed by atoms with Crippen LogP contribution in [0.1, 0.15) is 77.6 Å². The van der Waals surface area contributed by atoms with Gasteiger partial charge in [0, 0.05) is 6.61 Å². The van der Waals surface area contributed by atoms with Gasteiger partial charge in [0.05, 0.1) is 152 Å². The molecule has 0 aliphatic heterocycles. The van der Waals surface area contributed by atoms with Crippen LogP contribution < -0.4 is 0 Å². The van der Waals surface area contributed by atoms with E-state index in [0.29, 0.717) is 132 Å². The third-order valence-electron chi connectivity index (χ3n) is 7.46. The van der Waals surface area contributed by atoms with Gasteiger partial charge in [0.25, 0.3) is 0 Å². The van der Waals surface area contributed by atoms with E-state index in [4.69, 9.17) is 67.1 Å². The zero-order valence-corrected chi connectivity index (χ0v) is 33.0.